The second-order valence-corrected chi connectivity index (χ2v) is 8.76. The minimum atomic E-state index is -0.407. The van der Waals surface area contributed by atoms with Crippen LogP contribution >= 0.6 is 0 Å². The Balaban J connectivity index is 1.42. The summed E-state index contributed by atoms with van der Waals surface area (Å²) in [4.78, 5) is 19.8. The van der Waals surface area contributed by atoms with E-state index < -0.39 is 5.82 Å². The summed E-state index contributed by atoms with van der Waals surface area (Å²) >= 11 is 0. The number of nitrogens with zero attached hydrogens (tertiary/aromatic N) is 3. The Labute approximate surface area is 201 Å². The second-order valence-electron chi connectivity index (χ2n) is 8.76. The maximum absolute atomic E-state index is 13.8. The van der Waals surface area contributed by atoms with Crippen molar-refractivity contribution in [3.05, 3.63) is 65.5 Å². The number of amides is 1. The maximum atomic E-state index is 13.8. The average molecular weight is 472 g/mol. The van der Waals surface area contributed by atoms with Gasteiger partial charge in [-0.1, -0.05) is 24.3 Å². The van der Waals surface area contributed by atoms with Gasteiger partial charge in [0, 0.05) is 63.5 Å². The minimum Gasteiger partial charge on any atom is -0.496 e. The van der Waals surface area contributed by atoms with Gasteiger partial charge in [-0.2, -0.15) is 0 Å². The SMILES string of the molecule is COc1ccccc1CN1CCOC(CN(CCN2CCOCC2)C(=O)c2cccc(F)c2)C1. The molecule has 8 heteroatoms. The molecule has 7 nitrogen and oxygen atoms in total. The van der Waals surface area contributed by atoms with Crippen LogP contribution in [0.25, 0.3) is 0 Å². The van der Waals surface area contributed by atoms with Crippen LogP contribution in [0.1, 0.15) is 15.9 Å². The molecular formula is C26H34FN3O4. The summed E-state index contributed by atoms with van der Waals surface area (Å²) in [5, 5.41) is 0. The minimum absolute atomic E-state index is 0.120. The molecule has 0 aliphatic carbocycles. The van der Waals surface area contributed by atoms with Gasteiger partial charge < -0.3 is 19.1 Å². The van der Waals surface area contributed by atoms with Crippen molar-refractivity contribution in [2.75, 3.05) is 72.7 Å². The molecule has 2 heterocycles. The van der Waals surface area contributed by atoms with E-state index in [2.05, 4.69) is 15.9 Å². The molecule has 2 aliphatic rings. The number of ether oxygens (including phenoxy) is 3. The molecule has 2 aromatic rings. The fraction of sp³-hybridized carbons (Fsp3) is 0.500. The zero-order valence-electron chi connectivity index (χ0n) is 19.8. The van der Waals surface area contributed by atoms with Crippen LogP contribution in [0.3, 0.4) is 0 Å². The van der Waals surface area contributed by atoms with Crippen LogP contribution in [-0.4, -0.2) is 99.5 Å². The lowest BCUT2D eigenvalue weighted by molar-refractivity contribution is -0.0444. The number of carbonyl (C=O) groups is 1. The topological polar surface area (TPSA) is 54.5 Å². The molecule has 0 N–H and O–H groups in total. The molecule has 0 spiro atoms. The number of benzene rings is 2. The quantitative estimate of drug-likeness (QED) is 0.560. The Morgan fingerprint density at radius 3 is 2.68 bits per heavy atom. The predicted molar refractivity (Wildman–Crippen MR) is 128 cm³/mol. The van der Waals surface area contributed by atoms with E-state index in [9.17, 15) is 9.18 Å². The number of halogens is 1. The van der Waals surface area contributed by atoms with Gasteiger partial charge >= 0.3 is 0 Å². The van der Waals surface area contributed by atoms with Gasteiger partial charge in [0.2, 0.25) is 0 Å². The van der Waals surface area contributed by atoms with E-state index in [1.807, 2.05) is 23.1 Å². The van der Waals surface area contributed by atoms with Crippen molar-refractivity contribution in [2.45, 2.75) is 12.6 Å². The van der Waals surface area contributed by atoms with Crippen molar-refractivity contribution in [1.82, 2.24) is 14.7 Å². The summed E-state index contributed by atoms with van der Waals surface area (Å²) in [6.45, 7) is 7.79. The Morgan fingerprint density at radius 2 is 1.88 bits per heavy atom. The van der Waals surface area contributed by atoms with Crippen molar-refractivity contribution in [2.24, 2.45) is 0 Å². The summed E-state index contributed by atoms with van der Waals surface area (Å²) < 4.78 is 30.8. The monoisotopic (exact) mass is 471 g/mol. The first-order valence-corrected chi connectivity index (χ1v) is 11.9. The van der Waals surface area contributed by atoms with Crippen LogP contribution in [0.2, 0.25) is 0 Å². The number of methoxy groups -OCH3 is 1. The van der Waals surface area contributed by atoms with Crippen molar-refractivity contribution in [3.8, 4) is 5.75 Å². The Hall–Kier alpha value is -2.52. The van der Waals surface area contributed by atoms with E-state index in [0.29, 0.717) is 45.0 Å². The van der Waals surface area contributed by atoms with Gasteiger partial charge in [0.15, 0.2) is 0 Å². The molecule has 0 bridgehead atoms. The van der Waals surface area contributed by atoms with E-state index in [4.69, 9.17) is 14.2 Å². The molecule has 0 saturated carbocycles. The van der Waals surface area contributed by atoms with Crippen LogP contribution in [0.15, 0.2) is 48.5 Å². The summed E-state index contributed by atoms with van der Waals surface area (Å²) in [5.41, 5.74) is 1.49. The van der Waals surface area contributed by atoms with Crippen LogP contribution in [-0.2, 0) is 16.0 Å². The highest BCUT2D eigenvalue weighted by molar-refractivity contribution is 5.94. The molecule has 0 aromatic heterocycles. The van der Waals surface area contributed by atoms with E-state index in [-0.39, 0.29) is 12.0 Å². The number of rotatable bonds is 9. The zero-order chi connectivity index (χ0) is 23.8. The number of para-hydroxylation sites is 1. The highest BCUT2D eigenvalue weighted by atomic mass is 19.1. The Morgan fingerprint density at radius 1 is 1.09 bits per heavy atom. The Kier molecular flexibility index (Phi) is 8.87. The summed E-state index contributed by atoms with van der Waals surface area (Å²) in [6, 6.07) is 13.9. The van der Waals surface area contributed by atoms with E-state index >= 15 is 0 Å². The number of hydrogen-bond acceptors (Lipinski definition) is 6. The van der Waals surface area contributed by atoms with Gasteiger partial charge in [-0.05, 0) is 24.3 Å². The third kappa shape index (κ3) is 6.76. The number of morpholine rings is 2. The first-order chi connectivity index (χ1) is 16.6. The van der Waals surface area contributed by atoms with Crippen molar-refractivity contribution in [3.63, 3.8) is 0 Å². The molecule has 2 aromatic carbocycles. The molecule has 1 atom stereocenters. The van der Waals surface area contributed by atoms with Gasteiger partial charge in [0.05, 0.1) is 33.0 Å². The fourth-order valence-electron chi connectivity index (χ4n) is 4.52. The molecule has 2 saturated heterocycles. The largest absolute Gasteiger partial charge is 0.496 e. The van der Waals surface area contributed by atoms with E-state index in [0.717, 1.165) is 44.0 Å². The van der Waals surface area contributed by atoms with Crippen LogP contribution in [0, 0.1) is 5.82 Å². The summed E-state index contributed by atoms with van der Waals surface area (Å²) in [6.07, 6.45) is -0.120. The van der Waals surface area contributed by atoms with Crippen molar-refractivity contribution in [1.29, 1.82) is 0 Å². The van der Waals surface area contributed by atoms with Crippen LogP contribution in [0.5, 0.6) is 5.75 Å². The Bertz CT molecular complexity index is 938. The van der Waals surface area contributed by atoms with Crippen LogP contribution in [0.4, 0.5) is 4.39 Å². The number of hydrogen-bond donors (Lipinski definition) is 0. The zero-order valence-corrected chi connectivity index (χ0v) is 19.8. The molecule has 1 unspecified atom stereocenters. The highest BCUT2D eigenvalue weighted by Crippen LogP contribution is 2.21. The molecular weight excluding hydrogens is 437 g/mol. The molecule has 1 amide bonds. The predicted octanol–water partition coefficient (Wildman–Crippen LogP) is 2.51. The van der Waals surface area contributed by atoms with Crippen LogP contribution < -0.4 is 4.74 Å². The summed E-state index contributed by atoms with van der Waals surface area (Å²) in [5.74, 6) is 0.299. The third-order valence-electron chi connectivity index (χ3n) is 6.38. The van der Waals surface area contributed by atoms with Gasteiger partial charge in [-0.15, -0.1) is 0 Å². The lowest BCUT2D eigenvalue weighted by Crippen LogP contribution is -2.50. The first kappa shape index (κ1) is 24.6. The smallest absolute Gasteiger partial charge is 0.254 e. The molecule has 0 radical (unpaired) electrons. The summed E-state index contributed by atoms with van der Waals surface area (Å²) in [7, 11) is 1.69. The average Bonchev–Trinajstić information content (AvgIpc) is 2.87. The van der Waals surface area contributed by atoms with E-state index in [1.54, 1.807) is 19.2 Å². The molecule has 2 fully saturated rings. The normalized spacial score (nSPS) is 19.6. The molecule has 184 valence electrons. The van der Waals surface area contributed by atoms with Gasteiger partial charge in [-0.25, -0.2) is 4.39 Å². The van der Waals surface area contributed by atoms with E-state index in [1.165, 1.54) is 12.1 Å². The molecule has 4 rings (SSSR count). The second kappa shape index (κ2) is 12.3. The molecule has 34 heavy (non-hydrogen) atoms. The van der Waals surface area contributed by atoms with Crippen molar-refractivity contribution >= 4 is 5.91 Å². The fourth-order valence-corrected chi connectivity index (χ4v) is 4.52. The lowest BCUT2D eigenvalue weighted by Gasteiger charge is -2.37. The van der Waals surface area contributed by atoms with Gasteiger partial charge in [0.1, 0.15) is 11.6 Å². The maximum Gasteiger partial charge on any atom is 0.254 e. The number of carbonyl (C=O) groups excluding carboxylic acids is 1. The highest BCUT2D eigenvalue weighted by Gasteiger charge is 2.27. The lowest BCUT2D eigenvalue weighted by atomic mass is 10.1. The first-order valence-electron chi connectivity index (χ1n) is 11.9. The standard InChI is InChI=1S/C26H34FN3O4/c1-32-25-8-3-2-5-22(25)18-29-13-16-34-24(19-29)20-30(10-9-28-11-14-33-15-12-28)26(31)21-6-4-7-23(27)17-21/h2-8,17,24H,9-16,18-20H2,1H3. The van der Waals surface area contributed by atoms with Gasteiger partial charge in [0.25, 0.3) is 5.91 Å². The van der Waals surface area contributed by atoms with Gasteiger partial charge in [-0.3, -0.25) is 14.6 Å². The van der Waals surface area contributed by atoms with Crippen molar-refractivity contribution < 1.29 is 23.4 Å². The molecule has 2 aliphatic heterocycles. The third-order valence-corrected chi connectivity index (χ3v) is 6.38.